The van der Waals surface area contributed by atoms with Crippen LogP contribution in [0.3, 0.4) is 0 Å². The Hall–Kier alpha value is -2.46. The molecule has 0 radical (unpaired) electrons. The lowest BCUT2D eigenvalue weighted by Gasteiger charge is -2.25. The monoisotopic (exact) mass is 422 g/mol. The number of Topliss-reactive ketones (excluding diaryl/α,β-unsaturated/α-hetero) is 1. The molecular formula is C27H34O4. The second kappa shape index (κ2) is 10.2. The van der Waals surface area contributed by atoms with Gasteiger partial charge in [0.1, 0.15) is 6.10 Å². The molecule has 0 fully saturated rings. The van der Waals surface area contributed by atoms with Gasteiger partial charge in [0, 0.05) is 11.1 Å². The average molecular weight is 423 g/mol. The Kier molecular flexibility index (Phi) is 7.66. The summed E-state index contributed by atoms with van der Waals surface area (Å²) in [6.07, 6.45) is 2.36. The number of ketones is 1. The summed E-state index contributed by atoms with van der Waals surface area (Å²) in [5, 5.41) is 0. The van der Waals surface area contributed by atoms with E-state index in [0.29, 0.717) is 12.2 Å². The van der Waals surface area contributed by atoms with Crippen LogP contribution in [0.2, 0.25) is 0 Å². The zero-order valence-corrected chi connectivity index (χ0v) is 19.4. The molecule has 1 aliphatic carbocycles. The summed E-state index contributed by atoms with van der Waals surface area (Å²) in [5.41, 5.74) is 6.32. The minimum atomic E-state index is -0.599. The normalized spacial score (nSPS) is 17.8. The van der Waals surface area contributed by atoms with Crippen molar-refractivity contribution in [2.75, 3.05) is 6.61 Å². The van der Waals surface area contributed by atoms with Gasteiger partial charge in [-0.3, -0.25) is 9.59 Å². The molecule has 0 bridgehead atoms. The lowest BCUT2D eigenvalue weighted by molar-refractivity contribution is -0.151. The molecule has 4 nitrogen and oxygen atoms in total. The van der Waals surface area contributed by atoms with Crippen LogP contribution in [0.1, 0.15) is 91.2 Å². The summed E-state index contributed by atoms with van der Waals surface area (Å²) in [7, 11) is 0. The highest BCUT2D eigenvalue weighted by molar-refractivity contribution is 6.06. The maximum Gasteiger partial charge on any atom is 0.308 e. The molecule has 0 amide bonds. The first-order chi connectivity index (χ1) is 14.9. The van der Waals surface area contributed by atoms with Crippen LogP contribution in [0.15, 0.2) is 36.4 Å². The van der Waals surface area contributed by atoms with E-state index in [2.05, 4.69) is 32.9 Å². The van der Waals surface area contributed by atoms with Crippen LogP contribution in [-0.4, -0.2) is 24.5 Å². The van der Waals surface area contributed by atoms with Crippen LogP contribution < -0.4 is 0 Å². The van der Waals surface area contributed by atoms with Gasteiger partial charge in [-0.15, -0.1) is 0 Å². The Labute approximate surface area is 186 Å². The Morgan fingerprint density at radius 3 is 2.29 bits per heavy atom. The van der Waals surface area contributed by atoms with Crippen molar-refractivity contribution in [2.45, 2.75) is 78.4 Å². The van der Waals surface area contributed by atoms with Gasteiger partial charge in [-0.2, -0.15) is 0 Å². The van der Waals surface area contributed by atoms with Crippen LogP contribution in [0.25, 0.3) is 0 Å². The number of benzene rings is 2. The maximum absolute atomic E-state index is 13.5. The van der Waals surface area contributed by atoms with Gasteiger partial charge in [0.15, 0.2) is 5.78 Å². The van der Waals surface area contributed by atoms with Crippen LogP contribution in [0, 0.1) is 0 Å². The first-order valence-electron chi connectivity index (χ1n) is 11.5. The third-order valence-corrected chi connectivity index (χ3v) is 6.12. The van der Waals surface area contributed by atoms with Gasteiger partial charge in [0.05, 0.1) is 25.0 Å². The van der Waals surface area contributed by atoms with Gasteiger partial charge in [-0.25, -0.2) is 0 Å². The van der Waals surface area contributed by atoms with E-state index in [1.165, 1.54) is 16.7 Å². The molecule has 3 rings (SSSR count). The largest absolute Gasteiger partial charge is 0.456 e. The lowest BCUT2D eigenvalue weighted by atomic mass is 9.83. The van der Waals surface area contributed by atoms with E-state index in [1.807, 2.05) is 38.1 Å². The molecule has 0 saturated carbocycles. The molecule has 31 heavy (non-hydrogen) atoms. The molecule has 0 aromatic heterocycles. The van der Waals surface area contributed by atoms with Gasteiger partial charge in [0.25, 0.3) is 0 Å². The number of carbonyl (C=O) groups excluding carboxylic acids is 2. The van der Waals surface area contributed by atoms with Crippen LogP contribution in [0.4, 0.5) is 0 Å². The number of ether oxygens (including phenoxy) is 2. The summed E-state index contributed by atoms with van der Waals surface area (Å²) in [6.45, 7) is 10.6. The Morgan fingerprint density at radius 2 is 1.65 bits per heavy atom. The number of hydrogen-bond acceptors (Lipinski definition) is 4. The molecule has 2 aromatic rings. The van der Waals surface area contributed by atoms with Crippen molar-refractivity contribution in [1.82, 2.24) is 0 Å². The van der Waals surface area contributed by atoms with Gasteiger partial charge in [-0.1, -0.05) is 57.2 Å². The zero-order chi connectivity index (χ0) is 22.5. The molecule has 0 spiro atoms. The molecule has 0 aliphatic heterocycles. The van der Waals surface area contributed by atoms with Crippen molar-refractivity contribution in [2.24, 2.45) is 0 Å². The van der Waals surface area contributed by atoms with Crippen LogP contribution >= 0.6 is 0 Å². The van der Waals surface area contributed by atoms with Crippen molar-refractivity contribution >= 4 is 11.8 Å². The highest BCUT2D eigenvalue weighted by Gasteiger charge is 2.44. The van der Waals surface area contributed by atoms with E-state index in [-0.39, 0.29) is 24.3 Å². The molecule has 1 aliphatic rings. The molecule has 2 atom stereocenters. The van der Waals surface area contributed by atoms with Gasteiger partial charge < -0.3 is 9.47 Å². The predicted octanol–water partition coefficient (Wildman–Crippen LogP) is 5.75. The quantitative estimate of drug-likeness (QED) is 0.483. The standard InChI is InChI=1S/C27H34O4/c1-6-18-13-14-21(20(8-3)19(18)7-2)25-26(29)22-11-9-10-12-23(22)27(25)31-24(28)15-16-30-17(4)5/h9-14,17,25,27H,6-8,15-16H2,1-5H3. The van der Waals surface area contributed by atoms with E-state index < -0.39 is 12.0 Å². The topological polar surface area (TPSA) is 52.6 Å². The van der Waals surface area contributed by atoms with E-state index in [1.54, 1.807) is 0 Å². The zero-order valence-electron chi connectivity index (χ0n) is 19.4. The number of esters is 1. The Balaban J connectivity index is 2.00. The summed E-state index contributed by atoms with van der Waals surface area (Å²) in [6, 6.07) is 11.7. The molecule has 0 heterocycles. The second-order valence-electron chi connectivity index (χ2n) is 8.34. The fraction of sp³-hybridized carbons (Fsp3) is 0.481. The molecule has 4 heteroatoms. The number of aryl methyl sites for hydroxylation is 1. The van der Waals surface area contributed by atoms with Gasteiger partial charge >= 0.3 is 5.97 Å². The van der Waals surface area contributed by atoms with Crippen molar-refractivity contribution < 1.29 is 19.1 Å². The van der Waals surface area contributed by atoms with Crippen molar-refractivity contribution in [1.29, 1.82) is 0 Å². The van der Waals surface area contributed by atoms with E-state index >= 15 is 0 Å². The molecule has 0 saturated heterocycles. The minimum Gasteiger partial charge on any atom is -0.456 e. The molecule has 2 aromatic carbocycles. The van der Waals surface area contributed by atoms with Crippen molar-refractivity contribution in [3.63, 3.8) is 0 Å². The smallest absolute Gasteiger partial charge is 0.308 e. The highest BCUT2D eigenvalue weighted by atomic mass is 16.5. The summed E-state index contributed by atoms with van der Waals surface area (Å²) < 4.78 is 11.5. The van der Waals surface area contributed by atoms with E-state index in [9.17, 15) is 9.59 Å². The third-order valence-electron chi connectivity index (χ3n) is 6.12. The third kappa shape index (κ3) is 4.74. The van der Waals surface area contributed by atoms with Crippen molar-refractivity contribution in [3.05, 3.63) is 69.8 Å². The maximum atomic E-state index is 13.5. The average Bonchev–Trinajstić information content (AvgIpc) is 3.03. The number of hydrogen-bond donors (Lipinski definition) is 0. The van der Waals surface area contributed by atoms with E-state index in [4.69, 9.17) is 9.47 Å². The number of carbonyl (C=O) groups is 2. The van der Waals surface area contributed by atoms with Crippen LogP contribution in [-0.2, 0) is 33.5 Å². The number of rotatable bonds is 9. The molecule has 0 N–H and O–H groups in total. The first kappa shape index (κ1) is 23.2. The fourth-order valence-electron chi connectivity index (χ4n) is 4.71. The first-order valence-corrected chi connectivity index (χ1v) is 11.5. The fourth-order valence-corrected chi connectivity index (χ4v) is 4.71. The molecule has 2 unspecified atom stereocenters. The Morgan fingerprint density at radius 1 is 0.935 bits per heavy atom. The highest BCUT2D eigenvalue weighted by Crippen LogP contribution is 2.46. The Bertz CT molecular complexity index is 944. The molecular weight excluding hydrogens is 388 g/mol. The lowest BCUT2D eigenvalue weighted by Crippen LogP contribution is -2.21. The summed E-state index contributed by atoms with van der Waals surface area (Å²) in [4.78, 5) is 26.1. The molecule has 166 valence electrons. The SMILES string of the molecule is CCc1ccc(C2C(=O)c3ccccc3C2OC(=O)CCOC(C)C)c(CC)c1CC. The predicted molar refractivity (Wildman–Crippen MR) is 123 cm³/mol. The van der Waals surface area contributed by atoms with Crippen molar-refractivity contribution in [3.8, 4) is 0 Å². The number of fused-ring (bicyclic) bond motifs is 1. The van der Waals surface area contributed by atoms with Gasteiger partial charge in [0.2, 0.25) is 0 Å². The summed E-state index contributed by atoms with van der Waals surface area (Å²) >= 11 is 0. The summed E-state index contributed by atoms with van der Waals surface area (Å²) in [5.74, 6) is -0.801. The van der Waals surface area contributed by atoms with Crippen LogP contribution in [0.5, 0.6) is 0 Å². The minimum absolute atomic E-state index is 0.0350. The second-order valence-corrected chi connectivity index (χ2v) is 8.34. The van der Waals surface area contributed by atoms with E-state index in [0.717, 1.165) is 30.4 Å². The van der Waals surface area contributed by atoms with Gasteiger partial charge in [-0.05, 0) is 55.4 Å².